The second kappa shape index (κ2) is 8.46. The minimum absolute atomic E-state index is 0.187. The Hall–Kier alpha value is -2.83. The summed E-state index contributed by atoms with van der Waals surface area (Å²) < 4.78 is 5.51. The molecular weight excluding hydrogens is 403 g/mol. The second-order valence-corrected chi connectivity index (χ2v) is 6.82. The summed E-state index contributed by atoms with van der Waals surface area (Å²) in [6.07, 6.45) is 2.22. The lowest BCUT2D eigenvalue weighted by Gasteiger charge is -2.26. The van der Waals surface area contributed by atoms with Gasteiger partial charge in [-0.1, -0.05) is 36.2 Å². The van der Waals surface area contributed by atoms with Gasteiger partial charge < -0.3 is 4.74 Å². The number of rotatable bonds is 5. The molecule has 0 bridgehead atoms. The monoisotopic (exact) mass is 418 g/mol. The zero-order valence-electron chi connectivity index (χ0n) is 14.9. The summed E-state index contributed by atoms with van der Waals surface area (Å²) in [5.74, 6) is -0.996. The summed E-state index contributed by atoms with van der Waals surface area (Å²) in [7, 11) is 0. The largest absolute Gasteiger partial charge is 0.492 e. The lowest BCUT2D eigenvalue weighted by atomic mass is 10.1. The molecule has 0 spiro atoms. The van der Waals surface area contributed by atoms with Crippen molar-refractivity contribution in [1.82, 2.24) is 5.32 Å². The fourth-order valence-corrected chi connectivity index (χ4v) is 2.95. The Bertz CT molecular complexity index is 971. The molecule has 1 saturated heterocycles. The molecule has 1 aliphatic heterocycles. The van der Waals surface area contributed by atoms with Crippen LogP contribution in [-0.2, 0) is 9.59 Å². The molecule has 8 heteroatoms. The Kier molecular flexibility index (Phi) is 6.02. The molecular formula is C20H16Cl2N2O4. The third-order valence-corrected chi connectivity index (χ3v) is 4.46. The molecule has 4 amide bonds. The topological polar surface area (TPSA) is 75.7 Å². The maximum Gasteiger partial charge on any atom is 0.335 e. The van der Waals surface area contributed by atoms with Crippen LogP contribution in [0.5, 0.6) is 5.75 Å². The molecule has 1 aliphatic rings. The Morgan fingerprint density at radius 2 is 1.79 bits per heavy atom. The number of carbonyl (C=O) groups is 3. The molecule has 0 atom stereocenters. The summed E-state index contributed by atoms with van der Waals surface area (Å²) in [5, 5.41) is 2.98. The second-order valence-electron chi connectivity index (χ2n) is 5.97. The van der Waals surface area contributed by atoms with Crippen LogP contribution in [0.25, 0.3) is 6.08 Å². The first-order valence-electron chi connectivity index (χ1n) is 8.50. The first-order valence-corrected chi connectivity index (χ1v) is 9.25. The van der Waals surface area contributed by atoms with E-state index in [0.717, 1.165) is 11.3 Å². The van der Waals surface area contributed by atoms with Gasteiger partial charge >= 0.3 is 6.03 Å². The van der Waals surface area contributed by atoms with E-state index in [1.807, 2.05) is 6.92 Å². The van der Waals surface area contributed by atoms with Gasteiger partial charge in [-0.3, -0.25) is 14.9 Å². The van der Waals surface area contributed by atoms with Crippen LogP contribution in [-0.4, -0.2) is 24.5 Å². The van der Waals surface area contributed by atoms with Crippen LogP contribution in [0.2, 0.25) is 10.0 Å². The predicted octanol–water partition coefficient (Wildman–Crippen LogP) is 4.45. The molecule has 0 unspecified atom stereocenters. The number of hydrogen-bond donors (Lipinski definition) is 1. The van der Waals surface area contributed by atoms with Crippen LogP contribution in [0.15, 0.2) is 48.0 Å². The minimum Gasteiger partial charge on any atom is -0.492 e. The molecule has 1 heterocycles. The van der Waals surface area contributed by atoms with Crippen LogP contribution in [0.1, 0.15) is 18.9 Å². The van der Waals surface area contributed by atoms with E-state index in [1.165, 1.54) is 18.2 Å². The van der Waals surface area contributed by atoms with Gasteiger partial charge in [-0.2, -0.15) is 0 Å². The smallest absolute Gasteiger partial charge is 0.335 e. The van der Waals surface area contributed by atoms with Gasteiger partial charge in [0.2, 0.25) is 0 Å². The van der Waals surface area contributed by atoms with Crippen molar-refractivity contribution in [2.45, 2.75) is 13.3 Å². The highest BCUT2D eigenvalue weighted by Crippen LogP contribution is 2.28. The summed E-state index contributed by atoms with van der Waals surface area (Å²) >= 11 is 12.1. The van der Waals surface area contributed by atoms with Gasteiger partial charge in [-0.05, 0) is 54.5 Å². The number of imide groups is 2. The van der Waals surface area contributed by atoms with Crippen molar-refractivity contribution < 1.29 is 19.1 Å². The maximum absolute atomic E-state index is 12.8. The van der Waals surface area contributed by atoms with Crippen molar-refractivity contribution in [3.8, 4) is 5.75 Å². The third kappa shape index (κ3) is 4.18. The van der Waals surface area contributed by atoms with Crippen LogP contribution in [0.4, 0.5) is 10.5 Å². The van der Waals surface area contributed by atoms with Crippen LogP contribution in [0, 0.1) is 0 Å². The van der Waals surface area contributed by atoms with E-state index in [2.05, 4.69) is 5.32 Å². The zero-order chi connectivity index (χ0) is 20.3. The summed E-state index contributed by atoms with van der Waals surface area (Å²) in [6.45, 7) is 2.51. The van der Waals surface area contributed by atoms with E-state index in [0.29, 0.717) is 33.7 Å². The van der Waals surface area contributed by atoms with E-state index in [4.69, 9.17) is 27.9 Å². The number of urea groups is 1. The highest BCUT2D eigenvalue weighted by Gasteiger charge is 2.36. The third-order valence-electron chi connectivity index (χ3n) is 3.92. The van der Waals surface area contributed by atoms with E-state index < -0.39 is 17.8 Å². The number of amides is 4. The predicted molar refractivity (Wildman–Crippen MR) is 108 cm³/mol. The number of carbonyl (C=O) groups excluding carboxylic acids is 3. The molecule has 0 aliphatic carbocycles. The van der Waals surface area contributed by atoms with Crippen molar-refractivity contribution in [3.63, 3.8) is 0 Å². The highest BCUT2D eigenvalue weighted by molar-refractivity contribution is 6.39. The van der Waals surface area contributed by atoms with Gasteiger partial charge in [0.05, 0.1) is 17.3 Å². The van der Waals surface area contributed by atoms with Gasteiger partial charge in [0.25, 0.3) is 11.8 Å². The number of hydrogen-bond acceptors (Lipinski definition) is 4. The Labute approximate surface area is 171 Å². The summed E-state index contributed by atoms with van der Waals surface area (Å²) in [4.78, 5) is 38.1. The molecule has 2 aromatic rings. The van der Waals surface area contributed by atoms with Gasteiger partial charge in [-0.25, -0.2) is 9.69 Å². The highest BCUT2D eigenvalue weighted by atomic mass is 35.5. The molecule has 0 saturated carbocycles. The standard InChI is InChI=1S/C20H16Cl2N2O4/c1-2-9-28-17-8-3-12(11-16(17)22)10-15-18(25)23-20(27)24(19(15)26)14-6-4-13(21)5-7-14/h3-8,10-11H,2,9H2,1H3,(H,23,25,27)/b15-10+. The van der Waals surface area contributed by atoms with Crippen molar-refractivity contribution in [2.75, 3.05) is 11.5 Å². The molecule has 1 N–H and O–H groups in total. The lowest BCUT2D eigenvalue weighted by molar-refractivity contribution is -0.122. The van der Waals surface area contributed by atoms with Crippen molar-refractivity contribution in [3.05, 3.63) is 63.6 Å². The number of benzene rings is 2. The molecule has 1 fully saturated rings. The van der Waals surface area contributed by atoms with E-state index in [1.54, 1.807) is 30.3 Å². The van der Waals surface area contributed by atoms with E-state index in [-0.39, 0.29) is 5.57 Å². The normalized spacial score (nSPS) is 15.8. The SMILES string of the molecule is CCCOc1ccc(/C=C2\C(=O)NC(=O)N(c3ccc(Cl)cc3)C2=O)cc1Cl. The molecule has 144 valence electrons. The van der Waals surface area contributed by atoms with Crippen molar-refractivity contribution in [1.29, 1.82) is 0 Å². The fourth-order valence-electron chi connectivity index (χ4n) is 2.58. The van der Waals surface area contributed by atoms with E-state index >= 15 is 0 Å². The molecule has 28 heavy (non-hydrogen) atoms. The molecule has 0 radical (unpaired) electrons. The summed E-state index contributed by atoms with van der Waals surface area (Å²) in [6, 6.07) is 10.2. The number of anilines is 1. The fraction of sp³-hybridized carbons (Fsp3) is 0.150. The molecule has 2 aromatic carbocycles. The molecule has 6 nitrogen and oxygen atoms in total. The lowest BCUT2D eigenvalue weighted by Crippen LogP contribution is -2.54. The van der Waals surface area contributed by atoms with E-state index in [9.17, 15) is 14.4 Å². The maximum atomic E-state index is 12.8. The average molecular weight is 419 g/mol. The van der Waals surface area contributed by atoms with Crippen molar-refractivity contribution in [2.24, 2.45) is 0 Å². The molecule has 0 aromatic heterocycles. The first-order chi connectivity index (χ1) is 13.4. The van der Waals surface area contributed by atoms with Gasteiger partial charge in [-0.15, -0.1) is 0 Å². The van der Waals surface area contributed by atoms with Gasteiger partial charge in [0, 0.05) is 5.02 Å². The van der Waals surface area contributed by atoms with Crippen molar-refractivity contribution >= 4 is 52.8 Å². The van der Waals surface area contributed by atoms with Gasteiger partial charge in [0.15, 0.2) is 0 Å². The Morgan fingerprint density at radius 1 is 1.07 bits per heavy atom. The average Bonchev–Trinajstić information content (AvgIpc) is 2.66. The number of nitrogens with zero attached hydrogens (tertiary/aromatic N) is 1. The first kappa shape index (κ1) is 19.9. The van der Waals surface area contributed by atoms with Gasteiger partial charge in [0.1, 0.15) is 11.3 Å². The Morgan fingerprint density at radius 3 is 2.43 bits per heavy atom. The number of halogens is 2. The molecule has 3 rings (SSSR count). The summed E-state index contributed by atoms with van der Waals surface area (Å²) in [5.41, 5.74) is 0.636. The number of ether oxygens (including phenoxy) is 1. The Balaban J connectivity index is 1.92. The van der Waals surface area contributed by atoms with Crippen LogP contribution in [0.3, 0.4) is 0 Å². The van der Waals surface area contributed by atoms with Crippen LogP contribution >= 0.6 is 23.2 Å². The quantitative estimate of drug-likeness (QED) is 0.574. The minimum atomic E-state index is -0.823. The van der Waals surface area contributed by atoms with Crippen LogP contribution < -0.4 is 15.0 Å². The number of nitrogens with one attached hydrogen (secondary N) is 1. The zero-order valence-corrected chi connectivity index (χ0v) is 16.4. The number of barbiturate groups is 1.